The number of alkyl halides is 3. The third-order valence-electron chi connectivity index (χ3n) is 6.03. The highest BCUT2D eigenvalue weighted by molar-refractivity contribution is 6.08. The number of ether oxygens (including phenoxy) is 1. The summed E-state index contributed by atoms with van der Waals surface area (Å²) in [7, 11) is 1.38. The molecule has 3 aromatic rings. The Hall–Kier alpha value is -3.82. The minimum atomic E-state index is -4.79. The van der Waals surface area contributed by atoms with Crippen molar-refractivity contribution in [2.24, 2.45) is 5.73 Å². The fraction of sp³-hybridized carbons (Fsp3) is 0.320. The number of primary amides is 1. The van der Waals surface area contributed by atoms with Crippen LogP contribution < -0.4 is 15.4 Å². The molecule has 2 heterocycles. The average Bonchev–Trinajstić information content (AvgIpc) is 3.19. The number of anilines is 1. The molecular weight excluding hydrogens is 461 g/mol. The van der Waals surface area contributed by atoms with Crippen molar-refractivity contribution in [2.75, 3.05) is 18.6 Å². The number of carbonyl (C=O) groups excluding carboxylic acids is 2. The van der Waals surface area contributed by atoms with Crippen molar-refractivity contribution in [2.45, 2.75) is 38.8 Å². The van der Waals surface area contributed by atoms with E-state index >= 15 is 0 Å². The number of carbonyl (C=O) groups is 2. The first-order valence-electron chi connectivity index (χ1n) is 10.9. The molecule has 0 aliphatic carbocycles. The van der Waals surface area contributed by atoms with Crippen LogP contribution in [0, 0.1) is 0 Å². The van der Waals surface area contributed by atoms with Gasteiger partial charge in [0.1, 0.15) is 11.4 Å². The largest absolute Gasteiger partial charge is 0.497 e. The molecule has 2 aromatic carbocycles. The Balaban J connectivity index is 1.87. The van der Waals surface area contributed by atoms with Crippen molar-refractivity contribution in [3.05, 3.63) is 70.5 Å². The Morgan fingerprint density at radius 2 is 1.74 bits per heavy atom. The van der Waals surface area contributed by atoms with Crippen molar-refractivity contribution >= 4 is 17.5 Å². The van der Waals surface area contributed by atoms with E-state index in [2.05, 4.69) is 25.9 Å². The van der Waals surface area contributed by atoms with Gasteiger partial charge in [0.05, 0.1) is 18.4 Å². The molecule has 0 unspecified atom stereocenters. The second-order valence-electron chi connectivity index (χ2n) is 9.34. The number of rotatable bonds is 4. The van der Waals surface area contributed by atoms with Gasteiger partial charge in [-0.3, -0.25) is 9.59 Å². The summed E-state index contributed by atoms with van der Waals surface area (Å²) in [6.07, 6.45) is -4.84. The van der Waals surface area contributed by atoms with Crippen LogP contribution in [0.15, 0.2) is 42.5 Å². The van der Waals surface area contributed by atoms with Gasteiger partial charge >= 0.3 is 6.18 Å². The van der Waals surface area contributed by atoms with Crippen LogP contribution in [0.3, 0.4) is 0 Å². The van der Waals surface area contributed by atoms with Gasteiger partial charge in [0.2, 0.25) is 0 Å². The molecule has 0 spiro atoms. The first kappa shape index (κ1) is 24.3. The average molecular weight is 486 g/mol. The van der Waals surface area contributed by atoms with Crippen molar-refractivity contribution in [3.63, 3.8) is 0 Å². The summed E-state index contributed by atoms with van der Waals surface area (Å²) in [5.41, 5.74) is 5.22. The van der Waals surface area contributed by atoms with Gasteiger partial charge in [-0.2, -0.15) is 18.3 Å². The lowest BCUT2D eigenvalue weighted by Crippen LogP contribution is -2.39. The van der Waals surface area contributed by atoms with Gasteiger partial charge in [0, 0.05) is 17.8 Å². The number of hydrogen-bond acceptors (Lipinski definition) is 4. The van der Waals surface area contributed by atoms with Crippen LogP contribution in [-0.4, -0.2) is 35.2 Å². The Kier molecular flexibility index (Phi) is 5.86. The molecule has 184 valence electrons. The lowest BCUT2D eigenvalue weighted by atomic mass is 9.87. The Labute approximate surface area is 200 Å². The van der Waals surface area contributed by atoms with Gasteiger partial charge in [0.15, 0.2) is 5.69 Å². The smallest absolute Gasteiger partial charge is 0.435 e. The van der Waals surface area contributed by atoms with E-state index in [1.165, 1.54) is 30.2 Å². The van der Waals surface area contributed by atoms with Gasteiger partial charge in [-0.25, -0.2) is 4.68 Å². The van der Waals surface area contributed by atoms with E-state index in [4.69, 9.17) is 10.5 Å². The van der Waals surface area contributed by atoms with Gasteiger partial charge in [0.25, 0.3) is 11.8 Å². The highest BCUT2D eigenvalue weighted by atomic mass is 19.4. The number of aromatic nitrogens is 2. The summed E-state index contributed by atoms with van der Waals surface area (Å²) >= 11 is 0. The zero-order valence-electron chi connectivity index (χ0n) is 19.7. The lowest BCUT2D eigenvalue weighted by Gasteiger charge is -2.29. The van der Waals surface area contributed by atoms with Crippen LogP contribution in [0.25, 0.3) is 5.69 Å². The number of methoxy groups -OCH3 is 1. The topological polar surface area (TPSA) is 90.5 Å². The molecule has 0 bridgehead atoms. The van der Waals surface area contributed by atoms with Crippen molar-refractivity contribution in [1.82, 2.24) is 9.78 Å². The molecule has 2 N–H and O–H groups in total. The highest BCUT2D eigenvalue weighted by Crippen LogP contribution is 2.38. The van der Waals surface area contributed by atoms with Crippen molar-refractivity contribution in [3.8, 4) is 11.4 Å². The molecule has 7 nitrogen and oxygen atoms in total. The van der Waals surface area contributed by atoms with E-state index in [9.17, 15) is 22.8 Å². The number of halogens is 3. The second kappa shape index (κ2) is 8.44. The SMILES string of the molecule is COc1ccc(-n2nc(C(F)(F)F)c3c2C(=O)N(c2ccc(C(C)(C)C)cc2)CC3)c(C(N)=O)c1. The molecule has 1 aliphatic heterocycles. The van der Waals surface area contributed by atoms with Crippen LogP contribution in [-0.2, 0) is 18.0 Å². The second-order valence-corrected chi connectivity index (χ2v) is 9.34. The summed E-state index contributed by atoms with van der Waals surface area (Å²) in [5.74, 6) is -1.26. The Bertz CT molecular complexity index is 1310. The van der Waals surface area contributed by atoms with Gasteiger partial charge in [-0.1, -0.05) is 32.9 Å². The van der Waals surface area contributed by atoms with Crippen LogP contribution >= 0.6 is 0 Å². The molecule has 0 atom stereocenters. The number of benzene rings is 2. The molecule has 0 saturated carbocycles. The number of amides is 2. The maximum atomic E-state index is 13.9. The zero-order chi connectivity index (χ0) is 25.7. The molecule has 1 aliphatic rings. The third kappa shape index (κ3) is 4.36. The number of nitrogens with two attached hydrogens (primary N) is 1. The first-order chi connectivity index (χ1) is 16.3. The Morgan fingerprint density at radius 3 is 2.29 bits per heavy atom. The standard InChI is InChI=1S/C25H25F3N4O3/c1-24(2,3)14-5-7-15(8-6-14)31-12-11-17-20(23(31)34)32(30-21(17)25(26,27)28)19-10-9-16(35-4)13-18(19)22(29)33/h5-10,13H,11-12H2,1-4H3,(H2,29,33). The molecular formula is C25H25F3N4O3. The molecule has 10 heteroatoms. The summed E-state index contributed by atoms with van der Waals surface area (Å²) in [6, 6.07) is 11.5. The summed E-state index contributed by atoms with van der Waals surface area (Å²) in [4.78, 5) is 27.1. The predicted octanol–water partition coefficient (Wildman–Crippen LogP) is 4.50. The Morgan fingerprint density at radius 1 is 1.09 bits per heavy atom. The van der Waals surface area contributed by atoms with E-state index in [1.807, 2.05) is 12.1 Å². The quantitative estimate of drug-likeness (QED) is 0.588. The van der Waals surface area contributed by atoms with Gasteiger partial charge in [-0.15, -0.1) is 0 Å². The number of nitrogens with zero attached hydrogens (tertiary/aromatic N) is 3. The molecule has 2 amide bonds. The lowest BCUT2D eigenvalue weighted by molar-refractivity contribution is -0.141. The van der Waals surface area contributed by atoms with Gasteiger partial charge < -0.3 is 15.4 Å². The van der Waals surface area contributed by atoms with E-state index < -0.39 is 23.7 Å². The fourth-order valence-electron chi connectivity index (χ4n) is 4.17. The van der Waals surface area contributed by atoms with E-state index in [0.29, 0.717) is 5.69 Å². The minimum absolute atomic E-state index is 0.0386. The number of hydrogen-bond donors (Lipinski definition) is 1. The first-order valence-corrected chi connectivity index (χ1v) is 10.9. The fourth-order valence-corrected chi connectivity index (χ4v) is 4.17. The molecule has 4 rings (SSSR count). The number of fused-ring (bicyclic) bond motifs is 1. The molecule has 35 heavy (non-hydrogen) atoms. The molecule has 1 aromatic heterocycles. The van der Waals surface area contributed by atoms with Crippen molar-refractivity contribution in [1.29, 1.82) is 0 Å². The summed E-state index contributed by atoms with van der Waals surface area (Å²) in [5, 5.41) is 3.75. The zero-order valence-corrected chi connectivity index (χ0v) is 19.7. The van der Waals surface area contributed by atoms with Crippen LogP contribution in [0.4, 0.5) is 18.9 Å². The van der Waals surface area contributed by atoms with Crippen LogP contribution in [0.1, 0.15) is 58.4 Å². The highest BCUT2D eigenvalue weighted by Gasteiger charge is 2.43. The summed E-state index contributed by atoms with van der Waals surface area (Å²) < 4.78 is 47.6. The predicted molar refractivity (Wildman–Crippen MR) is 124 cm³/mol. The molecule has 0 saturated heterocycles. The van der Waals surface area contributed by atoms with Crippen LogP contribution in [0.2, 0.25) is 0 Å². The van der Waals surface area contributed by atoms with E-state index in [1.54, 1.807) is 12.1 Å². The van der Waals surface area contributed by atoms with Gasteiger partial charge in [-0.05, 0) is 47.7 Å². The molecule has 0 fully saturated rings. The minimum Gasteiger partial charge on any atom is -0.497 e. The van der Waals surface area contributed by atoms with E-state index in [-0.39, 0.29) is 46.6 Å². The normalized spacial score (nSPS) is 14.1. The summed E-state index contributed by atoms with van der Waals surface area (Å²) in [6.45, 7) is 6.23. The van der Waals surface area contributed by atoms with E-state index in [0.717, 1.165) is 10.2 Å². The van der Waals surface area contributed by atoms with Crippen LogP contribution in [0.5, 0.6) is 5.75 Å². The molecule has 0 radical (unpaired) electrons. The van der Waals surface area contributed by atoms with Crippen molar-refractivity contribution < 1.29 is 27.5 Å². The maximum absolute atomic E-state index is 13.9. The third-order valence-corrected chi connectivity index (χ3v) is 6.03. The monoisotopic (exact) mass is 486 g/mol. The maximum Gasteiger partial charge on any atom is 0.435 e.